The minimum atomic E-state index is -0.601. The number of rotatable bonds is 5. The smallest absolute Gasteiger partial charge is 0.412 e. The first-order valence-electron chi connectivity index (χ1n) is 6.85. The molecule has 0 spiro atoms. The molecule has 0 saturated heterocycles. The Morgan fingerprint density at radius 2 is 1.91 bits per heavy atom. The molecule has 0 bridgehead atoms. The number of carbonyl (C=O) groups excluding carboxylic acids is 2. The molecule has 1 heterocycles. The summed E-state index contributed by atoms with van der Waals surface area (Å²) in [4.78, 5) is 24.6. The van der Waals surface area contributed by atoms with Crippen LogP contribution in [-0.4, -0.2) is 18.7 Å². The first-order valence-corrected chi connectivity index (χ1v) is 7.67. The Labute approximate surface area is 132 Å². The molecule has 5 nitrogen and oxygen atoms in total. The van der Waals surface area contributed by atoms with Gasteiger partial charge in [0.05, 0.1) is 12.2 Å². The fraction of sp³-hybridized carbons (Fsp3) is 0.250. The van der Waals surface area contributed by atoms with Gasteiger partial charge in [-0.3, -0.25) is 5.32 Å². The second-order valence-corrected chi connectivity index (χ2v) is 5.76. The van der Waals surface area contributed by atoms with Crippen LogP contribution in [0.3, 0.4) is 0 Å². The third-order valence-electron chi connectivity index (χ3n) is 2.78. The summed E-state index contributed by atoms with van der Waals surface area (Å²) in [5, 5.41) is 3.04. The van der Waals surface area contributed by atoms with Crippen molar-refractivity contribution in [3.63, 3.8) is 0 Å². The van der Waals surface area contributed by atoms with Crippen LogP contribution in [0.25, 0.3) is 0 Å². The Kier molecular flexibility index (Phi) is 5.55. The first kappa shape index (κ1) is 16.0. The lowest BCUT2D eigenvalue weighted by Crippen LogP contribution is -2.15. The molecule has 0 aliphatic rings. The van der Waals surface area contributed by atoms with Crippen molar-refractivity contribution in [2.45, 2.75) is 20.5 Å². The summed E-state index contributed by atoms with van der Waals surface area (Å²) in [6.07, 6.45) is -0.601. The molecule has 1 amide bonds. The van der Waals surface area contributed by atoms with Gasteiger partial charge in [-0.1, -0.05) is 30.3 Å². The molecule has 22 heavy (non-hydrogen) atoms. The van der Waals surface area contributed by atoms with Gasteiger partial charge in [0.15, 0.2) is 0 Å². The van der Waals surface area contributed by atoms with Gasteiger partial charge in [-0.2, -0.15) is 0 Å². The Hall–Kier alpha value is -2.34. The van der Waals surface area contributed by atoms with Crippen LogP contribution in [0.2, 0.25) is 0 Å². The average molecular weight is 319 g/mol. The summed E-state index contributed by atoms with van der Waals surface area (Å²) in [5.74, 6) is -0.454. The molecule has 0 aliphatic carbocycles. The van der Waals surface area contributed by atoms with Crippen LogP contribution in [0, 0.1) is 6.92 Å². The Morgan fingerprint density at radius 1 is 1.18 bits per heavy atom. The van der Waals surface area contributed by atoms with E-state index in [4.69, 9.17) is 9.47 Å². The zero-order valence-electron chi connectivity index (χ0n) is 12.4. The van der Waals surface area contributed by atoms with Gasteiger partial charge < -0.3 is 9.47 Å². The third kappa shape index (κ3) is 4.33. The summed E-state index contributed by atoms with van der Waals surface area (Å²) in [5.41, 5.74) is 1.24. The van der Waals surface area contributed by atoms with Crippen molar-refractivity contribution in [3.8, 4) is 0 Å². The largest absolute Gasteiger partial charge is 0.462 e. The normalized spacial score (nSPS) is 10.1. The summed E-state index contributed by atoms with van der Waals surface area (Å²) in [6, 6.07) is 11.1. The Morgan fingerprint density at radius 3 is 2.59 bits per heavy atom. The number of hydrogen-bond donors (Lipinski definition) is 1. The van der Waals surface area contributed by atoms with E-state index in [1.807, 2.05) is 37.3 Å². The second kappa shape index (κ2) is 7.61. The Bertz CT molecular complexity index is 651. The summed E-state index contributed by atoms with van der Waals surface area (Å²) in [6.45, 7) is 4.05. The molecule has 0 radical (unpaired) electrons. The van der Waals surface area contributed by atoms with Crippen LogP contribution < -0.4 is 5.32 Å². The molecule has 2 rings (SSSR count). The molecular weight excluding hydrogens is 302 g/mol. The summed E-state index contributed by atoms with van der Waals surface area (Å²) in [7, 11) is 0. The van der Waals surface area contributed by atoms with E-state index in [1.54, 1.807) is 13.0 Å². The molecule has 0 unspecified atom stereocenters. The molecule has 1 N–H and O–H groups in total. The van der Waals surface area contributed by atoms with E-state index in [-0.39, 0.29) is 13.2 Å². The fourth-order valence-corrected chi connectivity index (χ4v) is 2.70. The van der Waals surface area contributed by atoms with Gasteiger partial charge >= 0.3 is 12.1 Å². The minimum Gasteiger partial charge on any atom is -0.462 e. The molecule has 0 saturated carbocycles. The predicted molar refractivity (Wildman–Crippen MR) is 85.3 cm³/mol. The fourth-order valence-electron chi connectivity index (χ4n) is 1.82. The highest BCUT2D eigenvalue weighted by molar-refractivity contribution is 7.16. The average Bonchev–Trinajstić information content (AvgIpc) is 2.87. The summed E-state index contributed by atoms with van der Waals surface area (Å²) < 4.78 is 10.1. The van der Waals surface area contributed by atoms with Gasteiger partial charge in [0.1, 0.15) is 11.6 Å². The SMILES string of the molecule is CCOC(=O)c1cc(C)sc1NC(=O)OCc1ccccc1. The van der Waals surface area contributed by atoms with Gasteiger partial charge in [-0.25, -0.2) is 9.59 Å². The number of ether oxygens (including phenoxy) is 2. The first-order chi connectivity index (χ1) is 10.6. The molecule has 2 aromatic rings. The molecule has 6 heteroatoms. The van der Waals surface area contributed by atoms with Gasteiger partial charge in [-0.05, 0) is 25.5 Å². The number of aryl methyl sites for hydroxylation is 1. The Balaban J connectivity index is 1.98. The lowest BCUT2D eigenvalue weighted by molar-refractivity contribution is 0.0528. The van der Waals surface area contributed by atoms with Crippen molar-refractivity contribution < 1.29 is 19.1 Å². The van der Waals surface area contributed by atoms with Crippen molar-refractivity contribution in [1.82, 2.24) is 0 Å². The molecule has 1 aromatic heterocycles. The number of hydrogen-bond acceptors (Lipinski definition) is 5. The molecule has 0 aliphatic heterocycles. The van der Waals surface area contributed by atoms with E-state index < -0.39 is 12.1 Å². The van der Waals surface area contributed by atoms with E-state index in [2.05, 4.69) is 5.32 Å². The topological polar surface area (TPSA) is 64.6 Å². The maximum Gasteiger partial charge on any atom is 0.412 e. The molecule has 116 valence electrons. The molecule has 1 aromatic carbocycles. The van der Waals surface area contributed by atoms with E-state index in [0.29, 0.717) is 10.6 Å². The van der Waals surface area contributed by atoms with Crippen LogP contribution in [0.4, 0.5) is 9.80 Å². The highest BCUT2D eigenvalue weighted by Crippen LogP contribution is 2.28. The number of benzene rings is 1. The van der Waals surface area contributed by atoms with Crippen molar-refractivity contribution in [2.24, 2.45) is 0 Å². The van der Waals surface area contributed by atoms with Crippen LogP contribution in [-0.2, 0) is 16.1 Å². The van der Waals surface area contributed by atoms with Gasteiger partial charge in [0, 0.05) is 4.88 Å². The second-order valence-electron chi connectivity index (χ2n) is 4.51. The minimum absolute atomic E-state index is 0.172. The summed E-state index contributed by atoms with van der Waals surface area (Å²) >= 11 is 1.31. The van der Waals surface area contributed by atoms with E-state index in [0.717, 1.165) is 10.4 Å². The number of nitrogens with one attached hydrogen (secondary N) is 1. The predicted octanol–water partition coefficient (Wildman–Crippen LogP) is 3.98. The number of anilines is 1. The highest BCUT2D eigenvalue weighted by atomic mass is 32.1. The lowest BCUT2D eigenvalue weighted by atomic mass is 10.2. The van der Waals surface area contributed by atoms with Gasteiger partial charge in [0.2, 0.25) is 0 Å². The number of amides is 1. The third-order valence-corrected chi connectivity index (χ3v) is 3.74. The van der Waals surface area contributed by atoms with Gasteiger partial charge in [0.25, 0.3) is 0 Å². The molecule has 0 atom stereocenters. The van der Waals surface area contributed by atoms with E-state index in [1.165, 1.54) is 11.3 Å². The van der Waals surface area contributed by atoms with E-state index in [9.17, 15) is 9.59 Å². The molecular formula is C16H17NO4S. The van der Waals surface area contributed by atoms with E-state index >= 15 is 0 Å². The monoisotopic (exact) mass is 319 g/mol. The maximum atomic E-state index is 11.8. The van der Waals surface area contributed by atoms with Crippen molar-refractivity contribution in [3.05, 3.63) is 52.4 Å². The van der Waals surface area contributed by atoms with Crippen molar-refractivity contribution >= 4 is 28.4 Å². The highest BCUT2D eigenvalue weighted by Gasteiger charge is 2.18. The number of esters is 1. The van der Waals surface area contributed by atoms with Crippen LogP contribution in [0.1, 0.15) is 27.7 Å². The standard InChI is InChI=1S/C16H17NO4S/c1-3-20-15(18)13-9-11(2)22-14(13)17-16(19)21-10-12-7-5-4-6-8-12/h4-9H,3,10H2,1-2H3,(H,17,19). The lowest BCUT2D eigenvalue weighted by Gasteiger charge is -2.07. The van der Waals surface area contributed by atoms with Gasteiger partial charge in [-0.15, -0.1) is 11.3 Å². The number of carbonyl (C=O) groups is 2. The number of thiophene rings is 1. The quantitative estimate of drug-likeness (QED) is 0.847. The molecule has 0 fully saturated rings. The van der Waals surface area contributed by atoms with Crippen molar-refractivity contribution in [2.75, 3.05) is 11.9 Å². The zero-order chi connectivity index (χ0) is 15.9. The van der Waals surface area contributed by atoms with Crippen LogP contribution in [0.5, 0.6) is 0 Å². The zero-order valence-corrected chi connectivity index (χ0v) is 13.2. The van der Waals surface area contributed by atoms with Crippen LogP contribution in [0.15, 0.2) is 36.4 Å². The maximum absolute atomic E-state index is 11.8. The van der Waals surface area contributed by atoms with Crippen LogP contribution >= 0.6 is 11.3 Å². The van der Waals surface area contributed by atoms with Crippen molar-refractivity contribution in [1.29, 1.82) is 0 Å².